The smallest absolute Gasteiger partial charge is 0.166 e. The Bertz CT molecular complexity index is 573. The average Bonchev–Trinajstić information content (AvgIpc) is 2.34. The molecule has 0 aliphatic rings. The van der Waals surface area contributed by atoms with Gasteiger partial charge in [0.05, 0.1) is 4.47 Å². The van der Waals surface area contributed by atoms with E-state index in [4.69, 9.17) is 4.74 Å². The van der Waals surface area contributed by atoms with Crippen molar-refractivity contribution in [2.24, 2.45) is 0 Å². The molecule has 0 saturated carbocycles. The van der Waals surface area contributed by atoms with Gasteiger partial charge in [-0.2, -0.15) is 0 Å². The molecule has 18 heavy (non-hydrogen) atoms. The molecule has 2 aromatic carbocycles. The number of halogens is 4. The van der Waals surface area contributed by atoms with Gasteiger partial charge in [0.15, 0.2) is 11.6 Å². The van der Waals surface area contributed by atoms with Crippen LogP contribution in [0.4, 0.5) is 8.78 Å². The molecule has 0 saturated heterocycles. The third-order valence-electron chi connectivity index (χ3n) is 2.26. The topological polar surface area (TPSA) is 9.23 Å². The molecule has 2 aromatic rings. The molecule has 0 aliphatic heterocycles. The summed E-state index contributed by atoms with van der Waals surface area (Å²) in [6.07, 6.45) is 0. The molecule has 94 valence electrons. The van der Waals surface area contributed by atoms with Crippen LogP contribution >= 0.6 is 31.9 Å². The van der Waals surface area contributed by atoms with Crippen LogP contribution in [-0.4, -0.2) is 0 Å². The third kappa shape index (κ3) is 3.09. The van der Waals surface area contributed by atoms with Crippen LogP contribution in [-0.2, 0) is 5.33 Å². The summed E-state index contributed by atoms with van der Waals surface area (Å²) in [5.41, 5.74) is 0.818. The zero-order valence-electron chi connectivity index (χ0n) is 9.09. The van der Waals surface area contributed by atoms with Crippen molar-refractivity contribution < 1.29 is 13.5 Å². The first-order valence-corrected chi connectivity index (χ1v) is 6.99. The molecule has 5 heteroatoms. The minimum Gasteiger partial charge on any atom is -0.453 e. The Morgan fingerprint density at radius 1 is 1.00 bits per heavy atom. The summed E-state index contributed by atoms with van der Waals surface area (Å²) in [4.78, 5) is 0. The van der Waals surface area contributed by atoms with Gasteiger partial charge in [-0.3, -0.25) is 0 Å². The first kappa shape index (κ1) is 13.5. The maximum absolute atomic E-state index is 13.7. The molecule has 0 fully saturated rings. The standard InChI is InChI=1S/C13H8Br2F2O/c14-7-8-1-3-13(11(17)5-8)18-12-4-2-9(16)6-10(12)15/h1-6H,7H2. The maximum Gasteiger partial charge on any atom is 0.166 e. The number of hydrogen-bond acceptors (Lipinski definition) is 1. The van der Waals surface area contributed by atoms with Crippen LogP contribution in [0.25, 0.3) is 0 Å². The van der Waals surface area contributed by atoms with Crippen LogP contribution in [0.3, 0.4) is 0 Å². The van der Waals surface area contributed by atoms with Gasteiger partial charge in [0.25, 0.3) is 0 Å². The molecule has 1 nitrogen and oxygen atoms in total. The Morgan fingerprint density at radius 2 is 1.72 bits per heavy atom. The van der Waals surface area contributed by atoms with E-state index in [1.807, 2.05) is 0 Å². The Morgan fingerprint density at radius 3 is 2.33 bits per heavy atom. The lowest BCUT2D eigenvalue weighted by Crippen LogP contribution is -1.91. The lowest BCUT2D eigenvalue weighted by Gasteiger charge is -2.09. The van der Waals surface area contributed by atoms with Crippen molar-refractivity contribution in [1.82, 2.24) is 0 Å². The molecule has 0 heterocycles. The molecule has 0 unspecified atom stereocenters. The highest BCUT2D eigenvalue weighted by Crippen LogP contribution is 2.31. The van der Waals surface area contributed by atoms with Gasteiger partial charge in [-0.25, -0.2) is 8.78 Å². The lowest BCUT2D eigenvalue weighted by atomic mass is 10.2. The van der Waals surface area contributed by atoms with Crippen molar-refractivity contribution in [2.75, 3.05) is 0 Å². The summed E-state index contributed by atoms with van der Waals surface area (Å²) >= 11 is 6.41. The van der Waals surface area contributed by atoms with Crippen molar-refractivity contribution in [1.29, 1.82) is 0 Å². The van der Waals surface area contributed by atoms with Crippen LogP contribution in [0, 0.1) is 11.6 Å². The van der Waals surface area contributed by atoms with Gasteiger partial charge in [-0.15, -0.1) is 0 Å². The highest BCUT2D eigenvalue weighted by molar-refractivity contribution is 9.10. The van der Waals surface area contributed by atoms with Crippen molar-refractivity contribution in [3.05, 3.63) is 58.1 Å². The minimum absolute atomic E-state index is 0.104. The van der Waals surface area contributed by atoms with Gasteiger partial charge < -0.3 is 4.74 Å². The van der Waals surface area contributed by atoms with Crippen LogP contribution in [0.2, 0.25) is 0 Å². The summed E-state index contributed by atoms with van der Waals surface area (Å²) < 4.78 is 32.4. The highest BCUT2D eigenvalue weighted by atomic mass is 79.9. The van der Waals surface area contributed by atoms with Gasteiger partial charge in [0.1, 0.15) is 11.6 Å². The number of rotatable bonds is 3. The fraction of sp³-hybridized carbons (Fsp3) is 0.0769. The zero-order chi connectivity index (χ0) is 13.1. The first-order valence-electron chi connectivity index (χ1n) is 5.07. The van der Waals surface area contributed by atoms with E-state index in [9.17, 15) is 8.78 Å². The predicted octanol–water partition coefficient (Wildman–Crippen LogP) is 5.41. The summed E-state index contributed by atoms with van der Waals surface area (Å²) in [5.74, 6) is -0.374. The molecule has 0 amide bonds. The van der Waals surface area contributed by atoms with Crippen LogP contribution in [0.15, 0.2) is 40.9 Å². The first-order chi connectivity index (χ1) is 8.60. The van der Waals surface area contributed by atoms with E-state index in [0.717, 1.165) is 5.56 Å². The van der Waals surface area contributed by atoms with E-state index in [0.29, 0.717) is 15.6 Å². The largest absolute Gasteiger partial charge is 0.453 e. The lowest BCUT2D eigenvalue weighted by molar-refractivity contribution is 0.438. The second-order valence-corrected chi connectivity index (χ2v) is 4.99. The van der Waals surface area contributed by atoms with Gasteiger partial charge in [0, 0.05) is 5.33 Å². The fourth-order valence-corrected chi connectivity index (χ4v) is 2.17. The molecule has 2 rings (SSSR count). The molecule has 0 aromatic heterocycles. The quantitative estimate of drug-likeness (QED) is 0.649. The second-order valence-electron chi connectivity index (χ2n) is 3.58. The predicted molar refractivity (Wildman–Crippen MR) is 73.2 cm³/mol. The molecule has 0 bridgehead atoms. The Balaban J connectivity index is 2.28. The van der Waals surface area contributed by atoms with E-state index in [1.54, 1.807) is 12.1 Å². The molecular formula is C13H8Br2F2O. The number of ether oxygens (including phenoxy) is 1. The Hall–Kier alpha value is -0.940. The normalized spacial score (nSPS) is 10.4. The molecule has 0 aliphatic carbocycles. The molecule has 0 radical (unpaired) electrons. The van der Waals surface area contributed by atoms with Gasteiger partial charge in [-0.1, -0.05) is 22.0 Å². The number of alkyl halides is 1. The summed E-state index contributed by atoms with van der Waals surface area (Å²) in [6, 6.07) is 8.65. The van der Waals surface area contributed by atoms with Crippen molar-refractivity contribution in [2.45, 2.75) is 5.33 Å². The average molecular weight is 378 g/mol. The molecule has 0 atom stereocenters. The summed E-state index contributed by atoms with van der Waals surface area (Å²) in [7, 11) is 0. The van der Waals surface area contributed by atoms with E-state index in [-0.39, 0.29) is 11.6 Å². The highest BCUT2D eigenvalue weighted by Gasteiger charge is 2.08. The van der Waals surface area contributed by atoms with E-state index < -0.39 is 5.82 Å². The molecule has 0 N–H and O–H groups in total. The van der Waals surface area contributed by atoms with Crippen molar-refractivity contribution in [3.63, 3.8) is 0 Å². The van der Waals surface area contributed by atoms with Crippen LogP contribution < -0.4 is 4.74 Å². The summed E-state index contributed by atoms with van der Waals surface area (Å²) in [5, 5.41) is 0.574. The van der Waals surface area contributed by atoms with Gasteiger partial charge in [0.2, 0.25) is 0 Å². The number of benzene rings is 2. The van der Waals surface area contributed by atoms with E-state index >= 15 is 0 Å². The van der Waals surface area contributed by atoms with Gasteiger partial charge >= 0.3 is 0 Å². The molecular weight excluding hydrogens is 370 g/mol. The third-order valence-corrected chi connectivity index (χ3v) is 3.53. The Kier molecular flexibility index (Phi) is 4.35. The minimum atomic E-state index is -0.455. The monoisotopic (exact) mass is 376 g/mol. The second kappa shape index (κ2) is 5.80. The van der Waals surface area contributed by atoms with Crippen LogP contribution in [0.5, 0.6) is 11.5 Å². The fourth-order valence-electron chi connectivity index (χ4n) is 1.39. The maximum atomic E-state index is 13.7. The molecule has 0 spiro atoms. The SMILES string of the molecule is Fc1ccc(Oc2ccc(CBr)cc2F)c(Br)c1. The van der Waals surface area contributed by atoms with Crippen molar-refractivity contribution in [3.8, 4) is 11.5 Å². The van der Waals surface area contributed by atoms with Crippen molar-refractivity contribution >= 4 is 31.9 Å². The van der Waals surface area contributed by atoms with Gasteiger partial charge in [-0.05, 0) is 51.8 Å². The van der Waals surface area contributed by atoms with Crippen LogP contribution in [0.1, 0.15) is 5.56 Å². The zero-order valence-corrected chi connectivity index (χ0v) is 12.3. The van der Waals surface area contributed by atoms with E-state index in [2.05, 4.69) is 31.9 Å². The summed E-state index contributed by atoms with van der Waals surface area (Å²) in [6.45, 7) is 0. The van der Waals surface area contributed by atoms with E-state index in [1.165, 1.54) is 24.3 Å². The number of hydrogen-bond donors (Lipinski definition) is 0. The Labute approximate surface area is 120 Å².